The summed E-state index contributed by atoms with van der Waals surface area (Å²) in [6.45, 7) is 0. The first kappa shape index (κ1) is 16.1. The molecule has 0 aliphatic carbocycles. The van der Waals surface area contributed by atoms with Gasteiger partial charge >= 0.3 is 0 Å². The molecule has 0 atom stereocenters. The topological polar surface area (TPSA) is 13.1 Å². The first-order valence-electron chi connectivity index (χ1n) is 25.7. The van der Waals surface area contributed by atoms with Gasteiger partial charge in [-0.3, -0.25) is 0 Å². The fourth-order valence-electron chi connectivity index (χ4n) is 6.85. The van der Waals surface area contributed by atoms with E-state index in [9.17, 15) is 13.7 Å². The maximum Gasteiger partial charge on any atom is 0.143 e. The molecule has 1 aromatic heterocycles. The van der Waals surface area contributed by atoms with Crippen molar-refractivity contribution in [1.29, 1.82) is 0 Å². The van der Waals surface area contributed by atoms with Gasteiger partial charge < -0.3 is 4.42 Å². The van der Waals surface area contributed by atoms with Crippen LogP contribution >= 0.6 is 0 Å². The molecule has 0 saturated heterocycles. The Bertz CT molecular complexity index is 3880. The van der Waals surface area contributed by atoms with Gasteiger partial charge in [-0.2, -0.15) is 0 Å². The highest BCUT2D eigenvalue weighted by Crippen LogP contribution is 2.41. The van der Waals surface area contributed by atoms with Crippen LogP contribution < -0.4 is 0 Å². The first-order chi connectivity index (χ1) is 33.2. The number of hydrogen-bond donors (Lipinski definition) is 0. The van der Waals surface area contributed by atoms with Crippen molar-refractivity contribution in [2.75, 3.05) is 0 Å². The molecule has 0 spiro atoms. The van der Waals surface area contributed by atoms with Crippen LogP contribution in [-0.2, 0) is 12.8 Å². The lowest BCUT2D eigenvalue weighted by Crippen LogP contribution is -1.98. The van der Waals surface area contributed by atoms with Crippen LogP contribution in [0.25, 0.3) is 76.5 Å². The monoisotopic (exact) mass is 669 g/mol. The molecule has 1 heteroatoms. The summed E-state index contributed by atoms with van der Waals surface area (Å²) in [7, 11) is 0. The average molecular weight is 670 g/mol. The number of hydrogen-bond acceptors (Lipinski definition) is 1. The van der Waals surface area contributed by atoms with Crippen LogP contribution in [0.1, 0.15) is 48.3 Å². The van der Waals surface area contributed by atoms with Gasteiger partial charge in [0.2, 0.25) is 0 Å². The third kappa shape index (κ3) is 5.09. The normalized spacial score (nSPS) is 16.9. The molecule has 51 heavy (non-hydrogen) atoms. The third-order valence-electron chi connectivity index (χ3n) is 9.15. The van der Waals surface area contributed by atoms with Crippen molar-refractivity contribution in [1.82, 2.24) is 0 Å². The van der Waals surface area contributed by atoms with Crippen LogP contribution in [0.2, 0.25) is 0 Å². The summed E-state index contributed by atoms with van der Waals surface area (Å²) in [6.07, 6.45) is -1.33. The van der Waals surface area contributed by atoms with Crippen molar-refractivity contribution in [3.63, 3.8) is 0 Å². The van der Waals surface area contributed by atoms with E-state index < -0.39 is 128 Å². The molecule has 0 bridgehead atoms. The van der Waals surface area contributed by atoms with Crippen molar-refractivity contribution in [3.8, 4) is 22.3 Å². The van der Waals surface area contributed by atoms with E-state index in [2.05, 4.69) is 0 Å². The first-order valence-corrected chi connectivity index (χ1v) is 16.2. The Labute approximate surface area is 323 Å². The van der Waals surface area contributed by atoms with E-state index in [0.29, 0.717) is 16.6 Å². The number of rotatable bonds is 6. The minimum Gasteiger partial charge on any atom is -0.455 e. The van der Waals surface area contributed by atoms with Gasteiger partial charge in [-0.15, -0.1) is 0 Å². The van der Waals surface area contributed by atoms with Crippen LogP contribution in [-0.4, -0.2) is 0 Å². The summed E-state index contributed by atoms with van der Waals surface area (Å²) in [4.78, 5) is 0. The molecule has 1 nitrogen and oxygen atoms in total. The summed E-state index contributed by atoms with van der Waals surface area (Å²) in [5.41, 5.74) is 1.70. The maximum absolute atomic E-state index is 9.60. The number of para-hydroxylation sites is 2. The zero-order valence-corrected chi connectivity index (χ0v) is 26.7. The molecule has 9 aromatic carbocycles. The third-order valence-corrected chi connectivity index (χ3v) is 9.15. The zero-order valence-electron chi connectivity index (χ0n) is 45.7. The fourth-order valence-corrected chi connectivity index (χ4v) is 6.85. The van der Waals surface area contributed by atoms with E-state index in [-0.39, 0.29) is 65.7 Å². The Hall–Kier alpha value is -6.44. The van der Waals surface area contributed by atoms with Gasteiger partial charge in [0.15, 0.2) is 0 Å². The lowest BCUT2D eigenvalue weighted by atomic mass is 9.86. The number of benzene rings is 9. The fraction of sp³-hybridized carbons (Fsp3) is 0.0400. The molecule has 240 valence electrons. The van der Waals surface area contributed by atoms with E-state index >= 15 is 0 Å². The summed E-state index contributed by atoms with van der Waals surface area (Å²) < 4.78 is 177. The lowest BCUT2D eigenvalue weighted by molar-refractivity contribution is 0.671. The average Bonchev–Trinajstić information content (AvgIpc) is 3.75. The standard InChI is InChI=1S/C50H34O/c1-3-13-33(14-4-1)30-47-41-17-7-9-19-43(41)48(44-20-10-8-18-42(44)47)31-34-25-26-37-32-38(28-27-36(37)29-34)40-22-12-24-46-45-23-11-21-39(49(45)51-50(40)46)35-15-5-2-6-16-35/h1-29,32H,30-31H2/i1D,3D,4D,7D,8D,9D,10D,13D,14D,17D,18D,19D,20D,25D,26D,27D,28D,29D,32D. The Morgan fingerprint density at radius 1 is 0.392 bits per heavy atom. The molecule has 10 aromatic rings. The minimum atomic E-state index is -0.751. The van der Waals surface area contributed by atoms with Gasteiger partial charge in [0.25, 0.3) is 0 Å². The van der Waals surface area contributed by atoms with E-state index in [1.807, 2.05) is 54.6 Å². The Kier molecular flexibility index (Phi) is 3.83. The molecular weight excluding hydrogens is 617 g/mol. The molecule has 0 aliphatic heterocycles. The summed E-state index contributed by atoms with van der Waals surface area (Å²) in [5, 5.41) is -0.447. The second kappa shape index (κ2) is 12.2. The molecular formula is C50H34O. The van der Waals surface area contributed by atoms with Crippen molar-refractivity contribution < 1.29 is 30.5 Å². The lowest BCUT2D eigenvalue weighted by Gasteiger charge is -2.17. The van der Waals surface area contributed by atoms with Crippen LogP contribution in [0, 0.1) is 0 Å². The van der Waals surface area contributed by atoms with Gasteiger partial charge in [-0.25, -0.2) is 0 Å². The van der Waals surface area contributed by atoms with Crippen LogP contribution in [0.15, 0.2) is 186 Å². The molecule has 1 heterocycles. The SMILES string of the molecule is [2H]c1c([2H])c([2H])c(Cc2c3c([2H])c([2H])c([2H])c([2H])c3c(Cc3c([2H])c([2H])c4c([2H])c(-c5cccc6c5oc5c(-c7ccccc7)cccc56)c([2H])c([2H])c4c3[2H])c3c([2H])c([2H])c([2H])c([2H])c23)c([2H])c1[2H]. The Morgan fingerprint density at radius 2 is 0.922 bits per heavy atom. The molecule has 10 rings (SSSR count). The van der Waals surface area contributed by atoms with E-state index in [1.54, 1.807) is 12.1 Å². The minimum absolute atomic E-state index is 0.0813. The largest absolute Gasteiger partial charge is 0.455 e. The quantitative estimate of drug-likeness (QED) is 0.161. The smallest absolute Gasteiger partial charge is 0.143 e. The molecule has 0 radical (unpaired) electrons. The molecule has 0 amide bonds. The molecule has 0 fully saturated rings. The van der Waals surface area contributed by atoms with Gasteiger partial charge in [-0.1, -0.05) is 175 Å². The van der Waals surface area contributed by atoms with E-state index in [1.165, 1.54) is 0 Å². The van der Waals surface area contributed by atoms with Gasteiger partial charge in [-0.05, 0) is 84.6 Å². The summed E-state index contributed by atoms with van der Waals surface area (Å²) in [5.74, 6) is 0. The Balaban J connectivity index is 1.26. The van der Waals surface area contributed by atoms with Crippen molar-refractivity contribution in [2.24, 2.45) is 0 Å². The number of furan rings is 1. The Morgan fingerprint density at radius 3 is 1.55 bits per heavy atom. The molecule has 0 aliphatic rings. The highest BCUT2D eigenvalue weighted by molar-refractivity contribution is 6.13. The molecule has 0 N–H and O–H groups in total. The van der Waals surface area contributed by atoms with Crippen LogP contribution in [0.5, 0.6) is 0 Å². The van der Waals surface area contributed by atoms with Crippen LogP contribution in [0.3, 0.4) is 0 Å². The van der Waals surface area contributed by atoms with Crippen molar-refractivity contribution in [2.45, 2.75) is 12.8 Å². The zero-order chi connectivity index (χ0) is 50.3. The van der Waals surface area contributed by atoms with E-state index in [0.717, 1.165) is 16.5 Å². The summed E-state index contributed by atoms with van der Waals surface area (Å²) in [6, 6.07) is 8.05. The number of fused-ring (bicyclic) bond motifs is 6. The predicted molar refractivity (Wildman–Crippen MR) is 216 cm³/mol. The van der Waals surface area contributed by atoms with Gasteiger partial charge in [0, 0.05) is 21.9 Å². The predicted octanol–water partition coefficient (Wildman–Crippen LogP) is 13.6. The molecule has 0 saturated carbocycles. The van der Waals surface area contributed by atoms with Crippen molar-refractivity contribution in [3.05, 3.63) is 204 Å². The van der Waals surface area contributed by atoms with Crippen molar-refractivity contribution >= 4 is 54.3 Å². The highest BCUT2D eigenvalue weighted by Gasteiger charge is 2.17. The maximum atomic E-state index is 9.60. The van der Waals surface area contributed by atoms with Gasteiger partial charge in [0.05, 0.1) is 26.0 Å². The van der Waals surface area contributed by atoms with Crippen LogP contribution in [0.4, 0.5) is 0 Å². The second-order valence-electron chi connectivity index (χ2n) is 12.1. The van der Waals surface area contributed by atoms with E-state index in [4.69, 9.17) is 16.8 Å². The van der Waals surface area contributed by atoms with Gasteiger partial charge in [0.1, 0.15) is 11.2 Å². The highest BCUT2D eigenvalue weighted by atomic mass is 16.3. The second-order valence-corrected chi connectivity index (χ2v) is 12.1. The summed E-state index contributed by atoms with van der Waals surface area (Å²) >= 11 is 0. The molecule has 0 unspecified atom stereocenters.